The summed E-state index contributed by atoms with van der Waals surface area (Å²) >= 11 is 0. The van der Waals surface area contributed by atoms with E-state index in [1.165, 1.54) is 0 Å². The number of nitrogens with one attached hydrogen (secondary N) is 1. The molecular weight excluding hydrogens is 380 g/mol. The van der Waals surface area contributed by atoms with Crippen LogP contribution in [0.2, 0.25) is 0 Å². The zero-order chi connectivity index (χ0) is 20.6. The number of carbonyl (C=O) groups excluding carboxylic acids is 1. The summed E-state index contributed by atoms with van der Waals surface area (Å²) in [7, 11) is -3.74. The van der Waals surface area contributed by atoms with Gasteiger partial charge in [0.1, 0.15) is 6.04 Å². The lowest BCUT2D eigenvalue weighted by molar-refractivity contribution is -0.139. The van der Waals surface area contributed by atoms with Gasteiger partial charge in [-0.05, 0) is 43.6 Å². The molecule has 1 atom stereocenters. The summed E-state index contributed by atoms with van der Waals surface area (Å²) in [5, 5.41) is 9.43. The number of benzene rings is 1. The minimum absolute atomic E-state index is 0.179. The van der Waals surface area contributed by atoms with Crippen molar-refractivity contribution in [3.8, 4) is 0 Å². The van der Waals surface area contributed by atoms with Crippen molar-refractivity contribution in [2.75, 3.05) is 13.1 Å². The van der Waals surface area contributed by atoms with Gasteiger partial charge in [-0.2, -0.15) is 0 Å². The fourth-order valence-corrected chi connectivity index (χ4v) is 4.90. The first-order valence-electron chi connectivity index (χ1n) is 9.85. The van der Waals surface area contributed by atoms with Gasteiger partial charge in [-0.25, -0.2) is 13.1 Å². The molecule has 7 nitrogen and oxygen atoms in total. The Morgan fingerprint density at radius 1 is 1.21 bits per heavy atom. The molecule has 1 heterocycles. The van der Waals surface area contributed by atoms with Gasteiger partial charge < -0.3 is 10.0 Å². The molecule has 1 fully saturated rings. The molecule has 8 heteroatoms. The maximum absolute atomic E-state index is 12.3. The van der Waals surface area contributed by atoms with Gasteiger partial charge in [0.05, 0.1) is 5.75 Å². The molecule has 0 radical (unpaired) electrons. The van der Waals surface area contributed by atoms with Crippen LogP contribution in [-0.4, -0.2) is 49.4 Å². The number of carboxylic acids is 1. The van der Waals surface area contributed by atoms with E-state index in [9.17, 15) is 23.1 Å². The van der Waals surface area contributed by atoms with Gasteiger partial charge in [0.15, 0.2) is 0 Å². The Labute approximate surface area is 167 Å². The Balaban J connectivity index is 1.83. The van der Waals surface area contributed by atoms with E-state index in [1.807, 2.05) is 11.8 Å². The Morgan fingerprint density at radius 2 is 1.86 bits per heavy atom. The largest absolute Gasteiger partial charge is 0.480 e. The van der Waals surface area contributed by atoms with Crippen molar-refractivity contribution in [1.82, 2.24) is 9.62 Å². The van der Waals surface area contributed by atoms with Crippen molar-refractivity contribution in [1.29, 1.82) is 0 Å². The predicted molar refractivity (Wildman–Crippen MR) is 107 cm³/mol. The van der Waals surface area contributed by atoms with Gasteiger partial charge >= 0.3 is 5.97 Å². The maximum Gasteiger partial charge on any atom is 0.321 e. The third-order valence-corrected chi connectivity index (χ3v) is 6.47. The van der Waals surface area contributed by atoms with Crippen LogP contribution >= 0.6 is 0 Å². The summed E-state index contributed by atoms with van der Waals surface area (Å²) in [6, 6.07) is 7.55. The third kappa shape index (κ3) is 7.24. The van der Waals surface area contributed by atoms with Crippen molar-refractivity contribution < 1.29 is 23.1 Å². The average molecular weight is 411 g/mol. The van der Waals surface area contributed by atoms with Gasteiger partial charge in [-0.15, -0.1) is 0 Å². The number of sulfonamides is 1. The van der Waals surface area contributed by atoms with E-state index in [-0.39, 0.29) is 18.1 Å². The highest BCUT2D eigenvalue weighted by molar-refractivity contribution is 7.88. The van der Waals surface area contributed by atoms with E-state index < -0.39 is 22.0 Å². The molecule has 0 spiro atoms. The number of aliphatic carboxylic acids is 1. The smallest absolute Gasteiger partial charge is 0.321 e. The van der Waals surface area contributed by atoms with Crippen LogP contribution in [-0.2, 0) is 25.4 Å². The van der Waals surface area contributed by atoms with Crippen LogP contribution < -0.4 is 4.72 Å². The van der Waals surface area contributed by atoms with Gasteiger partial charge in [-0.3, -0.25) is 9.59 Å². The fraction of sp³-hybridized carbons (Fsp3) is 0.600. The number of nitrogens with zero attached hydrogens (tertiary/aromatic N) is 1. The van der Waals surface area contributed by atoms with Crippen molar-refractivity contribution >= 4 is 21.9 Å². The van der Waals surface area contributed by atoms with E-state index in [0.29, 0.717) is 37.4 Å². The summed E-state index contributed by atoms with van der Waals surface area (Å²) < 4.78 is 27.0. The molecule has 0 unspecified atom stereocenters. The molecule has 1 amide bonds. The zero-order valence-electron chi connectivity index (χ0n) is 16.3. The molecule has 28 heavy (non-hydrogen) atoms. The lowest BCUT2D eigenvalue weighted by atomic mass is 9.90. The normalized spacial score (nSPS) is 16.7. The monoisotopic (exact) mass is 410 g/mol. The lowest BCUT2D eigenvalue weighted by Gasteiger charge is -2.32. The molecule has 1 aliphatic rings. The van der Waals surface area contributed by atoms with E-state index in [2.05, 4.69) is 4.72 Å². The standard InChI is InChI=1S/C20H30N2O5S/c1-2-6-19(23)22-13-11-16(12-14-22)9-10-18(20(24)25)21-28(26,27)15-17-7-4-3-5-8-17/h3-5,7-8,16,18,21H,2,6,9-15H2,1H3,(H,24,25)/t18-/m1/s1. The summed E-state index contributed by atoms with van der Waals surface area (Å²) in [5.74, 6) is -0.911. The molecule has 1 aliphatic heterocycles. The zero-order valence-corrected chi connectivity index (χ0v) is 17.2. The Morgan fingerprint density at radius 3 is 2.43 bits per heavy atom. The van der Waals surface area contributed by atoms with Crippen LogP contribution in [0, 0.1) is 5.92 Å². The molecule has 156 valence electrons. The van der Waals surface area contributed by atoms with E-state index >= 15 is 0 Å². The van der Waals surface area contributed by atoms with Crippen molar-refractivity contribution in [2.45, 2.75) is 57.2 Å². The second-order valence-corrected chi connectivity index (χ2v) is 9.16. The number of hydrogen-bond donors (Lipinski definition) is 2. The molecule has 0 bridgehead atoms. The van der Waals surface area contributed by atoms with Crippen LogP contribution in [0.1, 0.15) is 51.0 Å². The average Bonchev–Trinajstić information content (AvgIpc) is 2.66. The van der Waals surface area contributed by atoms with Gasteiger partial charge in [0, 0.05) is 19.5 Å². The molecule has 2 N–H and O–H groups in total. The third-order valence-electron chi connectivity index (χ3n) is 5.11. The van der Waals surface area contributed by atoms with Gasteiger partial charge in [0.2, 0.25) is 15.9 Å². The molecule has 0 aliphatic carbocycles. The first-order valence-corrected chi connectivity index (χ1v) is 11.5. The van der Waals surface area contributed by atoms with Crippen molar-refractivity contribution in [3.05, 3.63) is 35.9 Å². The molecular formula is C20H30N2O5S. The topological polar surface area (TPSA) is 104 Å². The molecule has 1 aromatic carbocycles. The van der Waals surface area contributed by atoms with Crippen LogP contribution in [0.15, 0.2) is 30.3 Å². The Kier molecular flexibility index (Phi) is 8.44. The lowest BCUT2D eigenvalue weighted by Crippen LogP contribution is -2.42. The van der Waals surface area contributed by atoms with Gasteiger partial charge in [0.25, 0.3) is 0 Å². The van der Waals surface area contributed by atoms with Crippen molar-refractivity contribution in [3.63, 3.8) is 0 Å². The second-order valence-electron chi connectivity index (χ2n) is 7.40. The minimum atomic E-state index is -3.74. The number of amides is 1. The summed E-state index contributed by atoms with van der Waals surface area (Å²) in [5.41, 5.74) is 0.614. The van der Waals surface area contributed by atoms with E-state index in [4.69, 9.17) is 0 Å². The number of rotatable bonds is 10. The maximum atomic E-state index is 12.3. The number of carbonyl (C=O) groups is 2. The fourth-order valence-electron chi connectivity index (χ4n) is 3.53. The minimum Gasteiger partial charge on any atom is -0.480 e. The highest BCUT2D eigenvalue weighted by atomic mass is 32.2. The Hall–Kier alpha value is -1.93. The van der Waals surface area contributed by atoms with Crippen molar-refractivity contribution in [2.24, 2.45) is 5.92 Å². The molecule has 1 saturated heterocycles. The van der Waals surface area contributed by atoms with Crippen LogP contribution in [0.5, 0.6) is 0 Å². The van der Waals surface area contributed by atoms with E-state index in [1.54, 1.807) is 30.3 Å². The van der Waals surface area contributed by atoms with E-state index in [0.717, 1.165) is 19.3 Å². The van der Waals surface area contributed by atoms with Crippen LogP contribution in [0.3, 0.4) is 0 Å². The summed E-state index contributed by atoms with van der Waals surface area (Å²) in [6.07, 6.45) is 3.94. The summed E-state index contributed by atoms with van der Waals surface area (Å²) in [6.45, 7) is 3.37. The number of hydrogen-bond acceptors (Lipinski definition) is 4. The SMILES string of the molecule is CCCC(=O)N1CCC(CC[C@@H](NS(=O)(=O)Cc2ccccc2)C(=O)O)CC1. The Bertz CT molecular complexity index is 743. The first kappa shape index (κ1) is 22.4. The highest BCUT2D eigenvalue weighted by Gasteiger charge is 2.27. The first-order chi connectivity index (χ1) is 13.3. The number of piperidine rings is 1. The highest BCUT2D eigenvalue weighted by Crippen LogP contribution is 2.23. The summed E-state index contributed by atoms with van der Waals surface area (Å²) in [4.78, 5) is 25.3. The number of likely N-dealkylation sites (tertiary alicyclic amines) is 1. The molecule has 0 saturated carbocycles. The molecule has 0 aromatic heterocycles. The van der Waals surface area contributed by atoms with Crippen LogP contribution in [0.25, 0.3) is 0 Å². The second kappa shape index (κ2) is 10.6. The van der Waals surface area contributed by atoms with Gasteiger partial charge in [-0.1, -0.05) is 37.3 Å². The predicted octanol–water partition coefficient (Wildman–Crippen LogP) is 2.38. The quantitative estimate of drug-likeness (QED) is 0.616. The number of carboxylic acid groups (broad SMARTS) is 1. The van der Waals surface area contributed by atoms with Crippen LogP contribution in [0.4, 0.5) is 0 Å². The molecule has 2 rings (SSSR count). The molecule has 1 aromatic rings.